The number of thiocarbonyl (C=S) groups is 1. The van der Waals surface area contributed by atoms with Crippen LogP contribution in [0.3, 0.4) is 0 Å². The van der Waals surface area contributed by atoms with Crippen LogP contribution in [0.1, 0.15) is 41.0 Å². The van der Waals surface area contributed by atoms with E-state index in [1.165, 1.54) is 33.7 Å². The van der Waals surface area contributed by atoms with Crippen molar-refractivity contribution in [1.29, 1.82) is 0 Å². The normalized spacial score (nSPS) is 24.1. The van der Waals surface area contributed by atoms with Gasteiger partial charge in [-0.3, -0.25) is 14.5 Å². The van der Waals surface area contributed by atoms with Crippen LogP contribution in [0.25, 0.3) is 0 Å². The van der Waals surface area contributed by atoms with Crippen molar-refractivity contribution in [3.63, 3.8) is 0 Å². The molecule has 0 radical (unpaired) electrons. The largest absolute Gasteiger partial charge is 0.458 e. The number of ether oxygens (including phenoxy) is 2. The van der Waals surface area contributed by atoms with Crippen molar-refractivity contribution in [2.45, 2.75) is 88.8 Å². The molecule has 0 unspecified atom stereocenters. The highest BCUT2D eigenvalue weighted by atomic mass is 32.2. The Morgan fingerprint density at radius 1 is 1.16 bits per heavy atom. The predicted molar refractivity (Wildman–Crippen MR) is 178 cm³/mol. The molecule has 14 heteroatoms. The van der Waals surface area contributed by atoms with Gasteiger partial charge in [0.15, 0.2) is 8.32 Å². The molecule has 1 N–H and O–H groups in total. The molecule has 0 bridgehead atoms. The lowest BCUT2D eigenvalue weighted by Crippen LogP contribution is -2.72. The van der Waals surface area contributed by atoms with Crippen LogP contribution in [0.15, 0.2) is 25.3 Å². The lowest BCUT2D eigenvalue weighted by Gasteiger charge is -2.54. The number of carbonyl (C=O) groups excluding carboxylic acids is 4. The van der Waals surface area contributed by atoms with Gasteiger partial charge in [-0.1, -0.05) is 65.2 Å². The summed E-state index contributed by atoms with van der Waals surface area (Å²) in [6.45, 7) is 21.4. The Kier molecular flexibility index (Phi) is 13.2. The minimum Gasteiger partial charge on any atom is -0.458 e. The Balaban J connectivity index is 2.32. The number of hydrogen-bond acceptors (Lipinski definition) is 10. The Morgan fingerprint density at radius 3 is 2.25 bits per heavy atom. The van der Waals surface area contributed by atoms with Crippen molar-refractivity contribution in [2.24, 2.45) is 11.8 Å². The number of β-lactam (4-membered cyclic amide) rings is 1. The van der Waals surface area contributed by atoms with E-state index in [2.05, 4.69) is 47.0 Å². The van der Waals surface area contributed by atoms with Crippen LogP contribution in [0.2, 0.25) is 18.1 Å². The van der Waals surface area contributed by atoms with Gasteiger partial charge >= 0.3 is 12.1 Å². The van der Waals surface area contributed by atoms with Gasteiger partial charge in [0.1, 0.15) is 19.3 Å². The number of carbonyl (C=O) groups is 4. The average molecular weight is 672 g/mol. The summed E-state index contributed by atoms with van der Waals surface area (Å²) in [6.07, 6.45) is 0.261. The number of likely N-dealkylation sites (N-methyl/N-ethyl adjacent to an activating group) is 1. The van der Waals surface area contributed by atoms with Crippen molar-refractivity contribution in [3.8, 4) is 0 Å². The number of thioether (sulfide) groups is 1. The fourth-order valence-corrected chi connectivity index (χ4v) is 8.33. The number of aliphatic hydroxyl groups is 1. The van der Waals surface area contributed by atoms with Gasteiger partial charge in [-0.2, -0.15) is 0 Å². The van der Waals surface area contributed by atoms with Crippen molar-refractivity contribution in [2.75, 3.05) is 33.9 Å². The first-order valence-corrected chi connectivity index (χ1v) is 18.9. The number of amides is 3. The van der Waals surface area contributed by atoms with Crippen molar-refractivity contribution in [3.05, 3.63) is 25.3 Å². The second-order valence-corrected chi connectivity index (χ2v) is 19.8. The van der Waals surface area contributed by atoms with Gasteiger partial charge < -0.3 is 28.8 Å². The van der Waals surface area contributed by atoms with E-state index in [0.29, 0.717) is 10.6 Å². The zero-order valence-corrected chi connectivity index (χ0v) is 30.0. The van der Waals surface area contributed by atoms with Gasteiger partial charge in [0.05, 0.1) is 22.3 Å². The molecule has 2 heterocycles. The third kappa shape index (κ3) is 8.50. The zero-order valence-electron chi connectivity index (χ0n) is 27.4. The SMILES string of the molecule is C=CCOC(=O)[C@H](O)N1C(=O)[C@H]([C@@H](C)O[Si](C)(C)C(C)(C)C)[C@H]1[C@@H](C)C(=S)S[C@H]1C[C@@H](C(=O)N(C)C)N(C(=O)OCC=C)C1. The van der Waals surface area contributed by atoms with Crippen molar-refractivity contribution >= 4 is 60.4 Å². The number of likely N-dealkylation sites (tertiary alicyclic amines) is 2. The second-order valence-electron chi connectivity index (χ2n) is 13.0. The number of aliphatic hydroxyl groups excluding tert-OH is 1. The summed E-state index contributed by atoms with van der Waals surface area (Å²) in [7, 11) is 0.983. The Hall–Kier alpha value is -2.26. The summed E-state index contributed by atoms with van der Waals surface area (Å²) in [5.74, 6) is -2.72. The minimum absolute atomic E-state index is 0.0189. The molecule has 2 rings (SSSR count). The maximum absolute atomic E-state index is 13.5. The number of esters is 1. The maximum Gasteiger partial charge on any atom is 0.410 e. The van der Waals surface area contributed by atoms with Crippen molar-refractivity contribution < 1.29 is 38.2 Å². The third-order valence-corrected chi connectivity index (χ3v) is 15.1. The Morgan fingerprint density at radius 2 is 1.73 bits per heavy atom. The Bertz CT molecular complexity index is 1130. The molecule has 7 atom stereocenters. The van der Waals surface area contributed by atoms with Crippen LogP contribution in [0.5, 0.6) is 0 Å². The van der Waals surface area contributed by atoms with E-state index in [1.807, 2.05) is 13.8 Å². The molecule has 2 aliphatic heterocycles. The number of hydrogen-bond donors (Lipinski definition) is 1. The topological polar surface area (TPSA) is 126 Å². The fraction of sp³-hybridized carbons (Fsp3) is 0.700. The van der Waals surface area contributed by atoms with Crippen LogP contribution < -0.4 is 0 Å². The number of rotatable bonds is 13. The highest BCUT2D eigenvalue weighted by molar-refractivity contribution is 8.23. The molecule has 0 aromatic carbocycles. The molecule has 0 spiro atoms. The van der Waals surface area contributed by atoms with Crippen LogP contribution in [-0.2, 0) is 28.3 Å². The molecule has 2 fully saturated rings. The van der Waals surface area contributed by atoms with E-state index in [9.17, 15) is 24.3 Å². The summed E-state index contributed by atoms with van der Waals surface area (Å²) in [6, 6.07) is -1.37. The molecule has 0 aliphatic carbocycles. The molecule has 0 aromatic heterocycles. The molecule has 44 heavy (non-hydrogen) atoms. The molecule has 2 saturated heterocycles. The van der Waals surface area contributed by atoms with Crippen molar-refractivity contribution in [1.82, 2.24) is 14.7 Å². The molecule has 3 amide bonds. The smallest absolute Gasteiger partial charge is 0.410 e. The third-order valence-electron chi connectivity index (χ3n) is 8.55. The van der Waals surface area contributed by atoms with Gasteiger partial charge in [-0.15, -0.1) is 11.8 Å². The van der Waals surface area contributed by atoms with Gasteiger partial charge in [0.25, 0.3) is 0 Å². The summed E-state index contributed by atoms with van der Waals surface area (Å²) in [5, 5.41) is 10.6. The monoisotopic (exact) mass is 671 g/mol. The lowest BCUT2D eigenvalue weighted by atomic mass is 9.77. The summed E-state index contributed by atoms with van der Waals surface area (Å²) >= 11 is 7.23. The second kappa shape index (κ2) is 15.3. The van der Waals surface area contributed by atoms with Crippen LogP contribution >= 0.6 is 24.0 Å². The predicted octanol–water partition coefficient (Wildman–Crippen LogP) is 3.82. The summed E-state index contributed by atoms with van der Waals surface area (Å²) in [5.41, 5.74) is 0. The minimum atomic E-state index is -2.27. The van der Waals surface area contributed by atoms with E-state index in [-0.39, 0.29) is 36.0 Å². The first kappa shape index (κ1) is 37.9. The van der Waals surface area contributed by atoms with E-state index in [1.54, 1.807) is 14.1 Å². The molecule has 2 aliphatic rings. The highest BCUT2D eigenvalue weighted by Crippen LogP contribution is 2.44. The average Bonchev–Trinajstić information content (AvgIpc) is 3.34. The first-order chi connectivity index (χ1) is 20.3. The summed E-state index contributed by atoms with van der Waals surface area (Å²) < 4.78 is 17.4. The molecule has 0 saturated carbocycles. The molecule has 248 valence electrons. The van der Waals surface area contributed by atoms with Gasteiger partial charge in [-0.25, -0.2) is 9.59 Å². The summed E-state index contributed by atoms with van der Waals surface area (Å²) in [4.78, 5) is 55.8. The number of nitrogens with zero attached hydrogens (tertiary/aromatic N) is 3. The quantitative estimate of drug-likeness (QED) is 0.102. The van der Waals surface area contributed by atoms with Gasteiger partial charge in [-0.05, 0) is 31.5 Å². The van der Waals surface area contributed by atoms with E-state index in [0.717, 1.165) is 4.90 Å². The van der Waals surface area contributed by atoms with E-state index < -0.39 is 62.5 Å². The standard InChI is InChI=1S/C30H49N3O8S2Si/c1-12-14-39-27(37)26(36)33-23(22(25(33)35)19(4)41-44(10,11)30(5,6)7)18(3)28(42)43-20-16-21(24(34)31(8)9)32(17-20)29(38)40-15-13-2/h12-13,18-23,26,36H,1-2,14-17H2,3-11H3/t18-,19-,20+,21+,22-,23-,26+/m1/s1. The van der Waals surface area contributed by atoms with E-state index in [4.69, 9.17) is 26.1 Å². The van der Waals surface area contributed by atoms with Crippen LogP contribution in [0, 0.1) is 11.8 Å². The molecular weight excluding hydrogens is 623 g/mol. The molecular formula is C30H49N3O8S2Si. The Labute approximate surface area is 272 Å². The zero-order chi connectivity index (χ0) is 33.7. The first-order valence-electron chi connectivity index (χ1n) is 14.7. The fourth-order valence-electron chi connectivity index (χ4n) is 5.15. The lowest BCUT2D eigenvalue weighted by molar-refractivity contribution is -0.198. The molecule has 0 aromatic rings. The van der Waals surface area contributed by atoms with E-state index >= 15 is 0 Å². The van der Waals surface area contributed by atoms with Crippen LogP contribution in [0.4, 0.5) is 4.79 Å². The van der Waals surface area contributed by atoms with Gasteiger partial charge in [0, 0.05) is 31.8 Å². The van der Waals surface area contributed by atoms with Crippen LogP contribution in [-0.4, -0.2) is 120 Å². The highest BCUT2D eigenvalue weighted by Gasteiger charge is 2.58. The maximum atomic E-state index is 13.5. The van der Waals surface area contributed by atoms with Gasteiger partial charge in [0.2, 0.25) is 18.0 Å². The molecule has 11 nitrogen and oxygen atoms in total.